The number of benzene rings is 1. The van der Waals surface area contributed by atoms with Gasteiger partial charge in [-0.1, -0.05) is 19.9 Å². The second-order valence-electron chi connectivity index (χ2n) is 5.26. The van der Waals surface area contributed by atoms with Crippen molar-refractivity contribution in [3.05, 3.63) is 29.3 Å². The second-order valence-corrected chi connectivity index (χ2v) is 5.26. The van der Waals surface area contributed by atoms with E-state index in [2.05, 4.69) is 16.0 Å². The third-order valence-corrected chi connectivity index (χ3v) is 3.08. The number of ether oxygens (including phenoxy) is 1. The van der Waals surface area contributed by atoms with E-state index in [4.69, 9.17) is 4.74 Å². The molecule has 0 heterocycles. The molecule has 1 aromatic rings. The Morgan fingerprint density at radius 3 is 2.61 bits per heavy atom. The third kappa shape index (κ3) is 6.07. The van der Waals surface area contributed by atoms with Gasteiger partial charge in [0.2, 0.25) is 6.41 Å². The van der Waals surface area contributed by atoms with Gasteiger partial charge in [-0.3, -0.25) is 14.4 Å². The first-order chi connectivity index (χ1) is 11.0. The molecule has 0 spiro atoms. The topological polar surface area (TPSA) is 96.5 Å². The quantitative estimate of drug-likeness (QED) is 0.357. The van der Waals surface area contributed by atoms with E-state index in [1.807, 2.05) is 0 Å². The standard InChI is InChI=1S/C16H23N3O4/c1-11(2)16(22)23-9-12-4-5-13(19-10-20)8-14(12)15(21)18-7-6-17-3/h4-5,8,10-11,17H,6-7,9H2,1-3H3,(H,18,21)(H,19,20). The molecule has 0 fully saturated rings. The van der Waals surface area contributed by atoms with Gasteiger partial charge < -0.3 is 20.7 Å². The first-order valence-corrected chi connectivity index (χ1v) is 7.42. The van der Waals surface area contributed by atoms with Crippen molar-refractivity contribution in [2.24, 2.45) is 5.92 Å². The van der Waals surface area contributed by atoms with E-state index in [1.54, 1.807) is 39.1 Å². The lowest BCUT2D eigenvalue weighted by Gasteiger charge is -2.13. The van der Waals surface area contributed by atoms with Crippen LogP contribution in [0, 0.1) is 5.92 Å². The van der Waals surface area contributed by atoms with Crippen molar-refractivity contribution >= 4 is 24.0 Å². The zero-order valence-corrected chi connectivity index (χ0v) is 13.6. The van der Waals surface area contributed by atoms with E-state index < -0.39 is 0 Å². The van der Waals surface area contributed by atoms with Crippen LogP contribution in [-0.4, -0.2) is 38.4 Å². The van der Waals surface area contributed by atoms with E-state index in [0.29, 0.717) is 36.3 Å². The van der Waals surface area contributed by atoms with Crippen LogP contribution in [0.5, 0.6) is 0 Å². The number of carbonyl (C=O) groups is 3. The summed E-state index contributed by atoms with van der Waals surface area (Å²) in [6.07, 6.45) is 0.538. The van der Waals surface area contributed by atoms with E-state index in [0.717, 1.165) is 0 Å². The Morgan fingerprint density at radius 2 is 2.00 bits per heavy atom. The molecule has 2 amide bonds. The van der Waals surface area contributed by atoms with Crippen LogP contribution in [-0.2, 0) is 20.9 Å². The predicted molar refractivity (Wildman–Crippen MR) is 87.0 cm³/mol. The van der Waals surface area contributed by atoms with E-state index in [9.17, 15) is 14.4 Å². The van der Waals surface area contributed by atoms with Crippen LogP contribution in [0.1, 0.15) is 29.8 Å². The molecule has 0 aromatic heterocycles. The summed E-state index contributed by atoms with van der Waals surface area (Å²) in [5.74, 6) is -0.856. The van der Waals surface area contributed by atoms with Crippen LogP contribution in [0.3, 0.4) is 0 Å². The van der Waals surface area contributed by atoms with Gasteiger partial charge in [-0.05, 0) is 19.2 Å². The van der Waals surface area contributed by atoms with Gasteiger partial charge in [0, 0.05) is 29.9 Å². The monoisotopic (exact) mass is 321 g/mol. The summed E-state index contributed by atoms with van der Waals surface area (Å²) in [5.41, 5.74) is 1.44. The minimum atomic E-state index is -0.332. The number of hydrogen-bond donors (Lipinski definition) is 3. The summed E-state index contributed by atoms with van der Waals surface area (Å²) < 4.78 is 5.18. The molecule has 7 heteroatoms. The fourth-order valence-electron chi connectivity index (χ4n) is 1.78. The lowest BCUT2D eigenvalue weighted by Crippen LogP contribution is -2.31. The highest BCUT2D eigenvalue weighted by Crippen LogP contribution is 2.17. The number of hydrogen-bond acceptors (Lipinski definition) is 5. The number of nitrogens with one attached hydrogen (secondary N) is 3. The molecule has 3 N–H and O–H groups in total. The molecule has 0 unspecified atom stereocenters. The normalized spacial score (nSPS) is 10.3. The second kappa shape index (κ2) is 9.58. The van der Waals surface area contributed by atoms with Gasteiger partial charge in [-0.15, -0.1) is 0 Å². The van der Waals surface area contributed by atoms with E-state index >= 15 is 0 Å². The van der Waals surface area contributed by atoms with Crippen LogP contribution < -0.4 is 16.0 Å². The number of likely N-dealkylation sites (N-methyl/N-ethyl adjacent to an activating group) is 1. The highest BCUT2D eigenvalue weighted by Gasteiger charge is 2.15. The lowest BCUT2D eigenvalue weighted by atomic mass is 10.1. The summed E-state index contributed by atoms with van der Waals surface area (Å²) in [5, 5.41) is 8.19. The fourth-order valence-corrected chi connectivity index (χ4v) is 1.78. The van der Waals surface area contributed by atoms with Crippen LogP contribution in [0.25, 0.3) is 0 Å². The van der Waals surface area contributed by atoms with Gasteiger partial charge >= 0.3 is 5.97 Å². The molecule has 23 heavy (non-hydrogen) atoms. The average molecular weight is 321 g/mol. The molecular weight excluding hydrogens is 298 g/mol. The lowest BCUT2D eigenvalue weighted by molar-refractivity contribution is -0.148. The number of anilines is 1. The van der Waals surface area contributed by atoms with Crippen LogP contribution in [0.2, 0.25) is 0 Å². The number of carbonyl (C=O) groups excluding carboxylic acids is 3. The van der Waals surface area contributed by atoms with Gasteiger partial charge in [-0.25, -0.2) is 0 Å². The van der Waals surface area contributed by atoms with Crippen molar-refractivity contribution in [3.8, 4) is 0 Å². The zero-order chi connectivity index (χ0) is 17.2. The molecule has 0 saturated heterocycles. The van der Waals surface area contributed by atoms with E-state index in [-0.39, 0.29) is 24.4 Å². The van der Waals surface area contributed by atoms with Gasteiger partial charge in [-0.2, -0.15) is 0 Å². The van der Waals surface area contributed by atoms with Crippen molar-refractivity contribution in [2.75, 3.05) is 25.5 Å². The molecule has 0 atom stereocenters. The number of esters is 1. The van der Waals surface area contributed by atoms with Crippen molar-refractivity contribution in [3.63, 3.8) is 0 Å². The summed E-state index contributed by atoms with van der Waals surface area (Å²) in [4.78, 5) is 34.4. The Bertz CT molecular complexity index is 558. The van der Waals surface area contributed by atoms with Crippen LogP contribution >= 0.6 is 0 Å². The third-order valence-electron chi connectivity index (χ3n) is 3.08. The van der Waals surface area contributed by atoms with Gasteiger partial charge in [0.1, 0.15) is 6.61 Å². The summed E-state index contributed by atoms with van der Waals surface area (Å²) in [7, 11) is 1.79. The Labute approximate surface area is 135 Å². The molecule has 7 nitrogen and oxygen atoms in total. The van der Waals surface area contributed by atoms with Crippen molar-refractivity contribution in [2.45, 2.75) is 20.5 Å². The summed E-state index contributed by atoms with van der Waals surface area (Å²) in [6.45, 7) is 4.59. The molecular formula is C16H23N3O4. The first-order valence-electron chi connectivity index (χ1n) is 7.42. The predicted octanol–water partition coefficient (Wildman–Crippen LogP) is 0.903. The molecule has 0 aliphatic carbocycles. The van der Waals surface area contributed by atoms with Crippen molar-refractivity contribution in [1.29, 1.82) is 0 Å². The summed E-state index contributed by atoms with van der Waals surface area (Å²) in [6, 6.07) is 4.87. The Kier molecular flexibility index (Phi) is 7.76. The fraction of sp³-hybridized carbons (Fsp3) is 0.438. The number of rotatable bonds is 9. The molecule has 0 aliphatic rings. The van der Waals surface area contributed by atoms with Crippen LogP contribution in [0.15, 0.2) is 18.2 Å². The highest BCUT2D eigenvalue weighted by atomic mass is 16.5. The number of amides is 2. The molecule has 0 radical (unpaired) electrons. The highest BCUT2D eigenvalue weighted by molar-refractivity contribution is 5.97. The van der Waals surface area contributed by atoms with Gasteiger partial charge in [0.05, 0.1) is 5.92 Å². The molecule has 1 aromatic carbocycles. The smallest absolute Gasteiger partial charge is 0.308 e. The van der Waals surface area contributed by atoms with Crippen molar-refractivity contribution in [1.82, 2.24) is 10.6 Å². The minimum Gasteiger partial charge on any atom is -0.461 e. The molecule has 1 rings (SSSR count). The Morgan fingerprint density at radius 1 is 1.26 bits per heavy atom. The summed E-state index contributed by atoms with van der Waals surface area (Å²) >= 11 is 0. The first kappa shape index (κ1) is 18.6. The molecule has 0 saturated carbocycles. The molecule has 0 aliphatic heterocycles. The molecule has 0 bridgehead atoms. The minimum absolute atomic E-state index is 0.00711. The SMILES string of the molecule is CNCCNC(=O)c1cc(NC=O)ccc1COC(=O)C(C)C. The van der Waals surface area contributed by atoms with E-state index in [1.165, 1.54) is 0 Å². The van der Waals surface area contributed by atoms with Crippen molar-refractivity contribution < 1.29 is 19.1 Å². The largest absolute Gasteiger partial charge is 0.461 e. The Hall–Kier alpha value is -2.41. The maximum Gasteiger partial charge on any atom is 0.308 e. The van der Waals surface area contributed by atoms with Gasteiger partial charge in [0.25, 0.3) is 5.91 Å². The van der Waals surface area contributed by atoms with Gasteiger partial charge in [0.15, 0.2) is 0 Å². The maximum absolute atomic E-state index is 12.3. The maximum atomic E-state index is 12.3. The van der Waals surface area contributed by atoms with Crippen LogP contribution in [0.4, 0.5) is 5.69 Å². The molecule has 126 valence electrons. The Balaban J connectivity index is 2.91. The zero-order valence-electron chi connectivity index (χ0n) is 13.6. The average Bonchev–Trinajstić information content (AvgIpc) is 2.53.